The van der Waals surface area contributed by atoms with Crippen LogP contribution in [0.5, 0.6) is 0 Å². The molecule has 0 aliphatic carbocycles. The van der Waals surface area contributed by atoms with Crippen molar-refractivity contribution in [2.45, 2.75) is 6.54 Å². The van der Waals surface area contributed by atoms with Gasteiger partial charge in [-0.3, -0.25) is 19.1 Å². The van der Waals surface area contributed by atoms with Gasteiger partial charge in [0.15, 0.2) is 0 Å². The van der Waals surface area contributed by atoms with E-state index in [2.05, 4.69) is 15.3 Å². The van der Waals surface area contributed by atoms with Crippen LogP contribution in [0, 0.1) is 0 Å². The third-order valence-corrected chi connectivity index (χ3v) is 3.67. The quantitative estimate of drug-likeness (QED) is 0.746. The van der Waals surface area contributed by atoms with Gasteiger partial charge in [0.2, 0.25) is 0 Å². The minimum atomic E-state index is -0.700. The first kappa shape index (κ1) is 16.7. The number of aromatic amines is 1. The second-order valence-electron chi connectivity index (χ2n) is 5.18. The van der Waals surface area contributed by atoms with E-state index >= 15 is 0 Å². The molecule has 2 heterocycles. The Morgan fingerprint density at radius 3 is 2.76 bits per heavy atom. The Hall–Kier alpha value is -3.19. The predicted octanol–water partition coefficient (Wildman–Crippen LogP) is 1.89. The maximum absolute atomic E-state index is 12.5. The number of amides is 1. The number of pyridine rings is 1. The zero-order valence-corrected chi connectivity index (χ0v) is 13.7. The lowest BCUT2D eigenvalue weighted by Crippen LogP contribution is -2.39. The summed E-state index contributed by atoms with van der Waals surface area (Å²) in [6.07, 6.45) is 2.66. The maximum Gasteiger partial charge on any atom is 0.328 e. The summed E-state index contributed by atoms with van der Waals surface area (Å²) in [4.78, 5) is 43.3. The largest absolute Gasteiger partial charge is 0.328 e. The van der Waals surface area contributed by atoms with Crippen LogP contribution in [0.25, 0.3) is 0 Å². The topological polar surface area (TPSA) is 96.8 Å². The van der Waals surface area contributed by atoms with Gasteiger partial charge in [-0.15, -0.1) is 0 Å². The number of aromatic nitrogens is 3. The average Bonchev–Trinajstić information content (AvgIpc) is 2.59. The molecule has 2 aromatic heterocycles. The monoisotopic (exact) mass is 356 g/mol. The van der Waals surface area contributed by atoms with Crippen molar-refractivity contribution >= 4 is 23.2 Å². The molecule has 0 saturated carbocycles. The highest BCUT2D eigenvalue weighted by Crippen LogP contribution is 2.15. The highest BCUT2D eigenvalue weighted by molar-refractivity contribution is 6.30. The number of halogens is 1. The summed E-state index contributed by atoms with van der Waals surface area (Å²) in [7, 11) is 0. The Morgan fingerprint density at radius 1 is 1.20 bits per heavy atom. The second-order valence-corrected chi connectivity index (χ2v) is 5.62. The normalized spacial score (nSPS) is 10.4. The maximum atomic E-state index is 12.5. The summed E-state index contributed by atoms with van der Waals surface area (Å²) in [5.41, 5.74) is -0.527. The SMILES string of the molecule is O=C(Nc1cccc(Cl)c1)c1c[nH]c(=O)n(Cc2ccccn2)c1=O. The number of carbonyl (C=O) groups is 1. The Bertz CT molecular complexity index is 1030. The van der Waals surface area contributed by atoms with Gasteiger partial charge in [-0.2, -0.15) is 0 Å². The summed E-state index contributed by atoms with van der Waals surface area (Å²) < 4.78 is 0.926. The number of hydrogen-bond acceptors (Lipinski definition) is 4. The molecule has 3 aromatic rings. The molecule has 2 N–H and O–H groups in total. The molecule has 0 unspecified atom stereocenters. The van der Waals surface area contributed by atoms with Gasteiger partial charge in [-0.05, 0) is 30.3 Å². The van der Waals surface area contributed by atoms with Crippen molar-refractivity contribution in [1.82, 2.24) is 14.5 Å². The van der Waals surface area contributed by atoms with Gasteiger partial charge in [0.05, 0.1) is 12.2 Å². The van der Waals surface area contributed by atoms with E-state index in [9.17, 15) is 14.4 Å². The third kappa shape index (κ3) is 3.84. The molecule has 0 aliphatic heterocycles. The van der Waals surface area contributed by atoms with E-state index in [-0.39, 0.29) is 12.1 Å². The van der Waals surface area contributed by atoms with Gasteiger partial charge in [0.25, 0.3) is 11.5 Å². The Balaban J connectivity index is 1.92. The van der Waals surface area contributed by atoms with E-state index in [1.807, 2.05) is 0 Å². The van der Waals surface area contributed by atoms with Crippen LogP contribution in [0.15, 0.2) is 64.4 Å². The fourth-order valence-electron chi connectivity index (χ4n) is 2.24. The lowest BCUT2D eigenvalue weighted by Gasteiger charge is -2.08. The van der Waals surface area contributed by atoms with E-state index in [1.165, 1.54) is 0 Å². The molecule has 0 bridgehead atoms. The van der Waals surface area contributed by atoms with Gasteiger partial charge in [-0.25, -0.2) is 4.79 Å². The molecule has 0 fully saturated rings. The van der Waals surface area contributed by atoms with Crippen LogP contribution in [-0.4, -0.2) is 20.4 Å². The number of rotatable bonds is 4. The Kier molecular flexibility index (Phi) is 4.76. The van der Waals surface area contributed by atoms with Gasteiger partial charge < -0.3 is 10.3 Å². The van der Waals surface area contributed by atoms with Crippen LogP contribution >= 0.6 is 11.6 Å². The fraction of sp³-hybridized carbons (Fsp3) is 0.0588. The van der Waals surface area contributed by atoms with Crippen LogP contribution in [0.4, 0.5) is 5.69 Å². The number of carbonyl (C=O) groups excluding carboxylic acids is 1. The molecule has 0 atom stereocenters. The number of nitrogens with zero attached hydrogens (tertiary/aromatic N) is 2. The average molecular weight is 357 g/mol. The van der Waals surface area contributed by atoms with Gasteiger partial charge >= 0.3 is 5.69 Å². The molecule has 1 aromatic carbocycles. The van der Waals surface area contributed by atoms with Gasteiger partial charge in [0.1, 0.15) is 5.56 Å². The van der Waals surface area contributed by atoms with E-state index in [4.69, 9.17) is 11.6 Å². The minimum absolute atomic E-state index is 0.0344. The summed E-state index contributed by atoms with van der Waals surface area (Å²) in [5, 5.41) is 3.03. The second kappa shape index (κ2) is 7.14. The first-order valence-corrected chi connectivity index (χ1v) is 7.72. The van der Waals surface area contributed by atoms with Crippen molar-refractivity contribution in [2.24, 2.45) is 0 Å². The van der Waals surface area contributed by atoms with Crippen molar-refractivity contribution in [3.05, 3.63) is 92.0 Å². The molecule has 8 heteroatoms. The number of anilines is 1. The molecule has 126 valence electrons. The van der Waals surface area contributed by atoms with E-state index in [0.29, 0.717) is 16.4 Å². The summed E-state index contributed by atoms with van der Waals surface area (Å²) in [6, 6.07) is 11.7. The van der Waals surface area contributed by atoms with Crippen molar-refractivity contribution in [3.8, 4) is 0 Å². The zero-order chi connectivity index (χ0) is 17.8. The molecule has 1 amide bonds. The smallest absolute Gasteiger partial charge is 0.322 e. The van der Waals surface area contributed by atoms with Crippen LogP contribution in [0.3, 0.4) is 0 Å². The third-order valence-electron chi connectivity index (χ3n) is 3.43. The zero-order valence-electron chi connectivity index (χ0n) is 12.9. The van der Waals surface area contributed by atoms with E-state index < -0.39 is 17.2 Å². The molecule has 3 rings (SSSR count). The number of nitrogens with one attached hydrogen (secondary N) is 2. The number of benzene rings is 1. The van der Waals surface area contributed by atoms with Crippen LogP contribution in [0.1, 0.15) is 16.1 Å². The molecule has 0 saturated heterocycles. The lowest BCUT2D eigenvalue weighted by molar-refractivity contribution is 0.102. The van der Waals surface area contributed by atoms with Gasteiger partial charge in [0, 0.05) is 23.1 Å². The molecule has 7 nitrogen and oxygen atoms in total. The van der Waals surface area contributed by atoms with Crippen LogP contribution < -0.4 is 16.6 Å². The Morgan fingerprint density at radius 2 is 2.04 bits per heavy atom. The fourth-order valence-corrected chi connectivity index (χ4v) is 2.43. The number of H-pyrrole nitrogens is 1. The minimum Gasteiger partial charge on any atom is -0.322 e. The summed E-state index contributed by atoms with van der Waals surface area (Å²) in [6.45, 7) is -0.0344. The van der Waals surface area contributed by atoms with E-state index in [0.717, 1.165) is 10.8 Å². The first-order chi connectivity index (χ1) is 12.0. The molecular weight excluding hydrogens is 344 g/mol. The van der Waals surface area contributed by atoms with Crippen molar-refractivity contribution in [3.63, 3.8) is 0 Å². The standard InChI is InChI=1S/C17H13ClN4O3/c18-11-4-3-6-12(8-11)21-15(23)14-9-20-17(25)22(16(14)24)10-13-5-1-2-7-19-13/h1-9H,10H2,(H,20,25)(H,21,23). The first-order valence-electron chi connectivity index (χ1n) is 7.34. The van der Waals surface area contributed by atoms with Crippen molar-refractivity contribution in [1.29, 1.82) is 0 Å². The molecule has 25 heavy (non-hydrogen) atoms. The van der Waals surface area contributed by atoms with Gasteiger partial charge in [-0.1, -0.05) is 23.7 Å². The summed E-state index contributed by atoms with van der Waals surface area (Å²) in [5.74, 6) is -0.640. The predicted molar refractivity (Wildman–Crippen MR) is 94.1 cm³/mol. The molecule has 0 aliphatic rings. The van der Waals surface area contributed by atoms with Crippen molar-refractivity contribution < 1.29 is 4.79 Å². The highest BCUT2D eigenvalue weighted by atomic mass is 35.5. The van der Waals surface area contributed by atoms with Crippen molar-refractivity contribution in [2.75, 3.05) is 5.32 Å². The number of hydrogen-bond donors (Lipinski definition) is 2. The van der Waals surface area contributed by atoms with Crippen LogP contribution in [-0.2, 0) is 6.54 Å². The summed E-state index contributed by atoms with van der Waals surface area (Å²) >= 11 is 5.87. The Labute approximate surface area is 146 Å². The van der Waals surface area contributed by atoms with E-state index in [1.54, 1.807) is 48.7 Å². The van der Waals surface area contributed by atoms with Crippen LogP contribution in [0.2, 0.25) is 5.02 Å². The molecule has 0 radical (unpaired) electrons. The lowest BCUT2D eigenvalue weighted by atomic mass is 10.2. The molecular formula is C17H13ClN4O3. The molecule has 0 spiro atoms. The highest BCUT2D eigenvalue weighted by Gasteiger charge is 2.15.